The lowest BCUT2D eigenvalue weighted by atomic mass is 10.1. The molecule has 0 heterocycles. The average molecular weight is 248 g/mol. The summed E-state index contributed by atoms with van der Waals surface area (Å²) in [5, 5.41) is 0. The van der Waals surface area contributed by atoms with Crippen LogP contribution in [0.3, 0.4) is 0 Å². The molecule has 6 heteroatoms. The first-order valence-corrected chi connectivity index (χ1v) is 5.68. The summed E-state index contributed by atoms with van der Waals surface area (Å²) >= 11 is 0. The molecule has 0 radical (unpaired) electrons. The van der Waals surface area contributed by atoms with Gasteiger partial charge >= 0.3 is 6.18 Å². The van der Waals surface area contributed by atoms with Gasteiger partial charge in [0.2, 0.25) is 5.91 Å². The van der Waals surface area contributed by atoms with Crippen LogP contribution in [0, 0.1) is 5.92 Å². The summed E-state index contributed by atoms with van der Waals surface area (Å²) in [7, 11) is 0. The summed E-state index contributed by atoms with van der Waals surface area (Å²) in [6.07, 6.45) is 0.733. The number of hydrogen-bond acceptors (Lipinski definition) is 2. The van der Waals surface area contributed by atoms with Crippen LogP contribution in [0.1, 0.15) is 19.3 Å². The van der Waals surface area contributed by atoms with E-state index in [9.17, 15) is 18.0 Å². The zero-order valence-electron chi connectivity index (χ0n) is 9.28. The van der Waals surface area contributed by atoms with Gasteiger partial charge in [0.05, 0.1) is 5.92 Å². The highest BCUT2D eigenvalue weighted by molar-refractivity contribution is 5.82. The number of rotatable bonds is 3. The Bertz CT molecular complexity index is 336. The number of carbonyl (C=O) groups excluding carboxylic acids is 1. The van der Waals surface area contributed by atoms with Crippen LogP contribution >= 0.6 is 0 Å². The summed E-state index contributed by atoms with van der Waals surface area (Å²) in [6.45, 7) is -1.14. The van der Waals surface area contributed by atoms with Crippen molar-refractivity contribution in [2.75, 3.05) is 6.54 Å². The lowest BCUT2D eigenvalue weighted by Crippen LogP contribution is -2.43. The van der Waals surface area contributed by atoms with Gasteiger partial charge in [0.15, 0.2) is 0 Å². The minimum atomic E-state index is -4.33. The van der Waals surface area contributed by atoms with Gasteiger partial charge in [0.1, 0.15) is 6.54 Å². The Kier molecular flexibility index (Phi) is 3.16. The fourth-order valence-corrected chi connectivity index (χ4v) is 2.09. The molecule has 0 bridgehead atoms. The van der Waals surface area contributed by atoms with Crippen LogP contribution in [0.25, 0.3) is 0 Å². The third-order valence-corrected chi connectivity index (χ3v) is 3.05. The van der Waals surface area contributed by atoms with Crippen molar-refractivity contribution in [1.82, 2.24) is 4.90 Å². The fraction of sp³-hybridized carbons (Fsp3) is 0.727. The van der Waals surface area contributed by atoms with Gasteiger partial charge in [-0.3, -0.25) is 4.79 Å². The summed E-state index contributed by atoms with van der Waals surface area (Å²) in [5.74, 6) is -0.915. The molecule has 2 N–H and O–H groups in total. The molecule has 2 unspecified atom stereocenters. The Hall–Kier alpha value is -1.04. The topological polar surface area (TPSA) is 46.3 Å². The van der Waals surface area contributed by atoms with Crippen molar-refractivity contribution < 1.29 is 18.0 Å². The van der Waals surface area contributed by atoms with E-state index in [2.05, 4.69) is 0 Å². The molecule has 2 aliphatic rings. The quantitative estimate of drug-likeness (QED) is 0.768. The summed E-state index contributed by atoms with van der Waals surface area (Å²) in [5.41, 5.74) is 5.60. The first-order valence-electron chi connectivity index (χ1n) is 5.68. The largest absolute Gasteiger partial charge is 0.406 e. The molecule has 1 fully saturated rings. The predicted molar refractivity (Wildman–Crippen MR) is 56.0 cm³/mol. The van der Waals surface area contributed by atoms with Crippen molar-refractivity contribution in [2.24, 2.45) is 11.7 Å². The Morgan fingerprint density at radius 3 is 2.41 bits per heavy atom. The first-order chi connectivity index (χ1) is 7.87. The molecule has 2 atom stereocenters. The lowest BCUT2D eigenvalue weighted by Gasteiger charge is -2.26. The molecule has 3 nitrogen and oxygen atoms in total. The molecular formula is C11H15F3N2O. The van der Waals surface area contributed by atoms with E-state index in [1.54, 1.807) is 12.2 Å². The highest BCUT2D eigenvalue weighted by Gasteiger charge is 2.42. The average Bonchev–Trinajstić information content (AvgIpc) is 2.96. The third kappa shape index (κ3) is 3.21. The van der Waals surface area contributed by atoms with Crippen molar-refractivity contribution in [3.8, 4) is 0 Å². The second kappa shape index (κ2) is 4.33. The molecule has 0 aromatic carbocycles. The van der Waals surface area contributed by atoms with Crippen molar-refractivity contribution in [2.45, 2.75) is 37.5 Å². The van der Waals surface area contributed by atoms with E-state index in [4.69, 9.17) is 5.73 Å². The molecule has 0 spiro atoms. The predicted octanol–water partition coefficient (Wildman–Crippen LogP) is 1.44. The van der Waals surface area contributed by atoms with Gasteiger partial charge in [-0.15, -0.1) is 0 Å². The van der Waals surface area contributed by atoms with Gasteiger partial charge in [-0.25, -0.2) is 0 Å². The number of alkyl halides is 3. The molecule has 1 amide bonds. The number of halogens is 3. The van der Waals surface area contributed by atoms with Crippen LogP contribution < -0.4 is 5.73 Å². The highest BCUT2D eigenvalue weighted by atomic mass is 19.4. The molecule has 0 aromatic rings. The van der Waals surface area contributed by atoms with Crippen LogP contribution in [-0.2, 0) is 4.79 Å². The van der Waals surface area contributed by atoms with Gasteiger partial charge in [-0.1, -0.05) is 12.2 Å². The van der Waals surface area contributed by atoms with E-state index in [1.165, 1.54) is 0 Å². The van der Waals surface area contributed by atoms with Gasteiger partial charge in [-0.05, 0) is 19.3 Å². The van der Waals surface area contributed by atoms with Crippen molar-refractivity contribution in [3.05, 3.63) is 12.2 Å². The van der Waals surface area contributed by atoms with E-state index in [0.29, 0.717) is 19.3 Å². The normalized spacial score (nSPS) is 28.5. The van der Waals surface area contributed by atoms with Crippen molar-refractivity contribution in [3.63, 3.8) is 0 Å². The zero-order chi connectivity index (χ0) is 12.6. The second-order valence-corrected chi connectivity index (χ2v) is 4.70. The Balaban J connectivity index is 2.01. The molecule has 0 saturated heterocycles. The van der Waals surface area contributed by atoms with E-state index in [-0.39, 0.29) is 12.1 Å². The number of amides is 1. The van der Waals surface area contributed by atoms with Gasteiger partial charge in [-0.2, -0.15) is 13.2 Å². The number of nitrogens with two attached hydrogens (primary N) is 1. The van der Waals surface area contributed by atoms with Crippen molar-refractivity contribution in [1.29, 1.82) is 0 Å². The third-order valence-electron chi connectivity index (χ3n) is 3.05. The highest BCUT2D eigenvalue weighted by Crippen LogP contribution is 2.32. The van der Waals surface area contributed by atoms with E-state index < -0.39 is 24.5 Å². The second-order valence-electron chi connectivity index (χ2n) is 4.70. The molecular weight excluding hydrogens is 233 g/mol. The summed E-state index contributed by atoms with van der Waals surface area (Å²) in [4.78, 5) is 12.9. The number of nitrogens with zero attached hydrogens (tertiary/aromatic N) is 1. The van der Waals surface area contributed by atoms with Gasteiger partial charge < -0.3 is 10.6 Å². The van der Waals surface area contributed by atoms with Crippen LogP contribution in [-0.4, -0.2) is 35.6 Å². The van der Waals surface area contributed by atoms with Crippen molar-refractivity contribution >= 4 is 5.91 Å². The fourth-order valence-electron chi connectivity index (χ4n) is 2.09. The summed E-state index contributed by atoms with van der Waals surface area (Å²) < 4.78 is 37.1. The van der Waals surface area contributed by atoms with Crippen LogP contribution in [0.2, 0.25) is 0 Å². The first kappa shape index (κ1) is 12.4. The molecule has 2 rings (SSSR count). The Labute approximate surface area is 97.4 Å². The minimum Gasteiger partial charge on any atom is -0.330 e. The smallest absolute Gasteiger partial charge is 0.330 e. The SMILES string of the molecule is NC1C=CC(C(=O)N(CC(F)(F)F)C2CC2)C1. The molecule has 1 saturated carbocycles. The maximum Gasteiger partial charge on any atom is 0.406 e. The van der Waals surface area contributed by atoms with E-state index >= 15 is 0 Å². The molecule has 0 aromatic heterocycles. The number of hydrogen-bond donors (Lipinski definition) is 1. The van der Waals surface area contributed by atoms with Gasteiger partial charge in [0, 0.05) is 12.1 Å². The molecule has 17 heavy (non-hydrogen) atoms. The standard InChI is InChI=1S/C11H15F3N2O/c12-11(13,14)6-16(9-3-4-9)10(17)7-1-2-8(15)5-7/h1-2,7-9H,3-6,15H2. The van der Waals surface area contributed by atoms with Gasteiger partial charge in [0.25, 0.3) is 0 Å². The Morgan fingerprint density at radius 1 is 1.35 bits per heavy atom. The maximum absolute atomic E-state index is 12.4. The van der Waals surface area contributed by atoms with E-state index in [0.717, 1.165) is 4.90 Å². The molecule has 2 aliphatic carbocycles. The van der Waals surface area contributed by atoms with E-state index in [1.807, 2.05) is 0 Å². The number of carbonyl (C=O) groups is 1. The molecule has 96 valence electrons. The van der Waals surface area contributed by atoms with Crippen LogP contribution in [0.5, 0.6) is 0 Å². The van der Waals surface area contributed by atoms with Crippen LogP contribution in [0.4, 0.5) is 13.2 Å². The minimum absolute atomic E-state index is 0.212. The maximum atomic E-state index is 12.4. The molecule has 0 aliphatic heterocycles. The summed E-state index contributed by atoms with van der Waals surface area (Å²) in [6, 6.07) is -0.440. The zero-order valence-corrected chi connectivity index (χ0v) is 9.28. The monoisotopic (exact) mass is 248 g/mol. The Morgan fingerprint density at radius 2 is 2.00 bits per heavy atom. The van der Waals surface area contributed by atoms with Crippen LogP contribution in [0.15, 0.2) is 12.2 Å². The lowest BCUT2D eigenvalue weighted by molar-refractivity contribution is -0.164.